The summed E-state index contributed by atoms with van der Waals surface area (Å²) in [4.78, 5) is 16.4. The van der Waals surface area contributed by atoms with Gasteiger partial charge in [0.15, 0.2) is 0 Å². The van der Waals surface area contributed by atoms with Gasteiger partial charge in [-0.15, -0.1) is 0 Å². The molecule has 0 aliphatic rings. The van der Waals surface area contributed by atoms with E-state index in [9.17, 15) is 22.4 Å². The quantitative estimate of drug-likeness (QED) is 0.666. The van der Waals surface area contributed by atoms with Gasteiger partial charge in [-0.2, -0.15) is 13.2 Å². The highest BCUT2D eigenvalue weighted by Crippen LogP contribution is 2.30. The molecule has 0 spiro atoms. The van der Waals surface area contributed by atoms with E-state index in [0.717, 1.165) is 0 Å². The van der Waals surface area contributed by atoms with E-state index in [-0.39, 0.29) is 0 Å². The Morgan fingerprint density at radius 1 is 1.21 bits per heavy atom. The van der Waals surface area contributed by atoms with Crippen LogP contribution in [0, 0.1) is 5.82 Å². The molecule has 3 nitrogen and oxygen atoms in total. The lowest BCUT2D eigenvalue weighted by Crippen LogP contribution is -2.34. The molecule has 0 atom stereocenters. The average Bonchev–Trinajstić information content (AvgIpc) is 2.24. The van der Waals surface area contributed by atoms with E-state index in [1.54, 1.807) is 20.8 Å². The second kappa shape index (κ2) is 5.16. The normalized spacial score (nSPS) is 12.4. The average molecular weight is 279 g/mol. The molecule has 1 N–H and O–H groups in total. The molecule has 0 unspecified atom stereocenters. The van der Waals surface area contributed by atoms with Gasteiger partial charge in [0.05, 0.1) is 16.7 Å². The van der Waals surface area contributed by atoms with Crippen LogP contribution in [0.3, 0.4) is 0 Å². The summed E-state index contributed by atoms with van der Waals surface area (Å²) in [6, 6.07) is 1.60. The summed E-state index contributed by atoms with van der Waals surface area (Å²) in [5.74, 6) is -2.12. The zero-order valence-electron chi connectivity index (χ0n) is 10.6. The second-order valence-electron chi connectivity index (χ2n) is 4.84. The standard InChI is InChI=1S/C12H13F4NO2/c1-11(2,3)19-17-10(18)8-6-7(12(14,15)16)4-5-9(8)13/h4-6H,1-3H3,(H,17,18). The zero-order valence-corrected chi connectivity index (χ0v) is 10.6. The van der Waals surface area contributed by atoms with Crippen LogP contribution in [0.2, 0.25) is 0 Å². The summed E-state index contributed by atoms with van der Waals surface area (Å²) >= 11 is 0. The number of amides is 1. The van der Waals surface area contributed by atoms with Gasteiger partial charge >= 0.3 is 6.18 Å². The van der Waals surface area contributed by atoms with Crippen molar-refractivity contribution in [1.82, 2.24) is 5.48 Å². The van der Waals surface area contributed by atoms with E-state index >= 15 is 0 Å². The van der Waals surface area contributed by atoms with Crippen LogP contribution >= 0.6 is 0 Å². The third-order valence-corrected chi connectivity index (χ3v) is 1.99. The van der Waals surface area contributed by atoms with Crippen LogP contribution in [-0.4, -0.2) is 11.5 Å². The topological polar surface area (TPSA) is 38.3 Å². The van der Waals surface area contributed by atoms with Gasteiger partial charge < -0.3 is 0 Å². The Bertz CT molecular complexity index is 478. The monoisotopic (exact) mass is 279 g/mol. The summed E-state index contributed by atoms with van der Waals surface area (Å²) in [5, 5.41) is 0. The number of rotatable bonds is 2. The molecule has 0 heterocycles. The maximum Gasteiger partial charge on any atom is 0.416 e. The molecule has 1 amide bonds. The lowest BCUT2D eigenvalue weighted by Gasteiger charge is -2.19. The van der Waals surface area contributed by atoms with Gasteiger partial charge in [0.2, 0.25) is 0 Å². The van der Waals surface area contributed by atoms with Crippen LogP contribution in [0.4, 0.5) is 17.6 Å². The second-order valence-corrected chi connectivity index (χ2v) is 4.84. The Kier molecular flexibility index (Phi) is 4.19. The van der Waals surface area contributed by atoms with Crippen LogP contribution in [0.25, 0.3) is 0 Å². The van der Waals surface area contributed by atoms with Crippen molar-refractivity contribution in [2.45, 2.75) is 32.5 Å². The summed E-state index contributed by atoms with van der Waals surface area (Å²) in [6.07, 6.45) is -4.65. The highest BCUT2D eigenvalue weighted by atomic mass is 19.4. The Hall–Kier alpha value is -1.63. The number of halogens is 4. The smallest absolute Gasteiger partial charge is 0.268 e. The van der Waals surface area contributed by atoms with E-state index in [0.29, 0.717) is 18.2 Å². The van der Waals surface area contributed by atoms with Crippen molar-refractivity contribution in [3.63, 3.8) is 0 Å². The fourth-order valence-electron chi connectivity index (χ4n) is 1.13. The molecule has 0 aliphatic carbocycles. The summed E-state index contributed by atoms with van der Waals surface area (Å²) in [5.41, 5.74) is -0.655. The van der Waals surface area contributed by atoms with Gasteiger partial charge in [0, 0.05) is 0 Å². The first-order valence-electron chi connectivity index (χ1n) is 5.36. The third kappa shape index (κ3) is 4.51. The van der Waals surface area contributed by atoms with E-state index in [4.69, 9.17) is 4.84 Å². The van der Waals surface area contributed by atoms with Gasteiger partial charge in [-0.25, -0.2) is 9.87 Å². The van der Waals surface area contributed by atoms with Gasteiger partial charge in [0.25, 0.3) is 5.91 Å². The Labute approximate surface area is 107 Å². The van der Waals surface area contributed by atoms with Crippen molar-refractivity contribution in [1.29, 1.82) is 0 Å². The number of nitrogens with one attached hydrogen (secondary N) is 1. The van der Waals surface area contributed by atoms with Crippen LogP contribution in [-0.2, 0) is 11.0 Å². The number of carbonyl (C=O) groups excluding carboxylic acids is 1. The van der Waals surface area contributed by atoms with Gasteiger partial charge in [-0.1, -0.05) is 0 Å². The molecule has 0 aromatic heterocycles. The molecule has 0 radical (unpaired) electrons. The van der Waals surface area contributed by atoms with Crippen molar-refractivity contribution in [2.24, 2.45) is 0 Å². The van der Waals surface area contributed by atoms with Gasteiger partial charge in [-0.3, -0.25) is 9.63 Å². The number of hydroxylamine groups is 1. The van der Waals surface area contributed by atoms with Crippen molar-refractivity contribution in [2.75, 3.05) is 0 Å². The minimum Gasteiger partial charge on any atom is -0.268 e. The van der Waals surface area contributed by atoms with E-state index < -0.39 is 34.6 Å². The van der Waals surface area contributed by atoms with Crippen molar-refractivity contribution in [3.8, 4) is 0 Å². The lowest BCUT2D eigenvalue weighted by molar-refractivity contribution is -0.137. The van der Waals surface area contributed by atoms with Crippen LogP contribution in [0.15, 0.2) is 18.2 Å². The number of hydrogen-bond acceptors (Lipinski definition) is 2. The predicted molar refractivity (Wildman–Crippen MR) is 59.7 cm³/mol. The molecule has 0 saturated carbocycles. The first-order valence-corrected chi connectivity index (χ1v) is 5.36. The Morgan fingerprint density at radius 3 is 2.26 bits per heavy atom. The maximum atomic E-state index is 13.3. The fourth-order valence-corrected chi connectivity index (χ4v) is 1.13. The lowest BCUT2D eigenvalue weighted by atomic mass is 10.1. The van der Waals surface area contributed by atoms with Crippen molar-refractivity contribution in [3.05, 3.63) is 35.1 Å². The molecule has 1 aromatic carbocycles. The summed E-state index contributed by atoms with van der Waals surface area (Å²) in [6.45, 7) is 4.86. The van der Waals surface area contributed by atoms with Gasteiger partial charge in [-0.05, 0) is 39.0 Å². The molecule has 0 aliphatic heterocycles. The Balaban J connectivity index is 2.97. The van der Waals surface area contributed by atoms with Crippen molar-refractivity contribution >= 4 is 5.91 Å². The van der Waals surface area contributed by atoms with Crippen molar-refractivity contribution < 1.29 is 27.2 Å². The molecule has 0 bridgehead atoms. The Morgan fingerprint density at radius 2 is 1.79 bits per heavy atom. The number of alkyl halides is 3. The molecular weight excluding hydrogens is 266 g/mol. The molecule has 0 fully saturated rings. The number of carbonyl (C=O) groups is 1. The first-order chi connectivity index (χ1) is 8.50. The molecule has 19 heavy (non-hydrogen) atoms. The van der Waals surface area contributed by atoms with Crippen LogP contribution < -0.4 is 5.48 Å². The SMILES string of the molecule is CC(C)(C)ONC(=O)c1cc(C(F)(F)F)ccc1F. The molecule has 0 saturated heterocycles. The third-order valence-electron chi connectivity index (χ3n) is 1.99. The zero-order chi connectivity index (χ0) is 14.8. The van der Waals surface area contributed by atoms with Gasteiger partial charge in [0.1, 0.15) is 5.82 Å². The highest BCUT2D eigenvalue weighted by molar-refractivity contribution is 5.94. The largest absolute Gasteiger partial charge is 0.416 e. The summed E-state index contributed by atoms with van der Waals surface area (Å²) in [7, 11) is 0. The molecule has 1 aromatic rings. The first kappa shape index (κ1) is 15.4. The minimum absolute atomic E-state index is 0.441. The molecule has 7 heteroatoms. The minimum atomic E-state index is -4.65. The molecule has 106 valence electrons. The summed E-state index contributed by atoms with van der Waals surface area (Å²) < 4.78 is 50.7. The number of benzene rings is 1. The maximum absolute atomic E-state index is 13.3. The predicted octanol–water partition coefficient (Wildman–Crippen LogP) is 3.30. The van der Waals surface area contributed by atoms with Crippen LogP contribution in [0.1, 0.15) is 36.7 Å². The molecular formula is C12H13F4NO2. The highest BCUT2D eigenvalue weighted by Gasteiger charge is 2.32. The van der Waals surface area contributed by atoms with Crippen LogP contribution in [0.5, 0.6) is 0 Å². The fraction of sp³-hybridized carbons (Fsp3) is 0.417. The van der Waals surface area contributed by atoms with E-state index in [1.165, 1.54) is 0 Å². The number of hydrogen-bond donors (Lipinski definition) is 1. The van der Waals surface area contributed by atoms with E-state index in [2.05, 4.69) is 0 Å². The molecule has 1 rings (SSSR count). The van der Waals surface area contributed by atoms with E-state index in [1.807, 2.05) is 5.48 Å².